The molecule has 2 aromatic rings. The van der Waals surface area contributed by atoms with Crippen LogP contribution < -0.4 is 10.2 Å². The number of para-hydroxylation sites is 1. The highest BCUT2D eigenvalue weighted by Crippen LogP contribution is 2.49. The Morgan fingerprint density at radius 2 is 1.77 bits per heavy atom. The number of carbonyl (C=O) groups is 1. The van der Waals surface area contributed by atoms with Crippen LogP contribution in [-0.2, 0) is 0 Å². The maximum Gasteiger partial charge on any atom is 0.251 e. The summed E-state index contributed by atoms with van der Waals surface area (Å²) in [6.45, 7) is 10.8. The molecule has 1 amide bonds. The zero-order valence-electron chi connectivity index (χ0n) is 18.8. The third-order valence-electron chi connectivity index (χ3n) is 6.30. The van der Waals surface area contributed by atoms with Crippen LogP contribution >= 0.6 is 24.2 Å². The van der Waals surface area contributed by atoms with Crippen molar-refractivity contribution in [2.75, 3.05) is 31.1 Å². The van der Waals surface area contributed by atoms with Gasteiger partial charge in [0.2, 0.25) is 0 Å². The fourth-order valence-electron chi connectivity index (χ4n) is 4.33. The second-order valence-electron chi connectivity index (χ2n) is 8.70. The van der Waals surface area contributed by atoms with E-state index >= 15 is 0 Å². The SMILES string of the molecule is CC[C@@H](C)CNC(=O)c1ccc2c(c1)N(C(C)CN1CCCC1)c1ccccc1S2.Cl. The van der Waals surface area contributed by atoms with Crippen LogP contribution in [-0.4, -0.2) is 43.0 Å². The maximum atomic E-state index is 12.8. The summed E-state index contributed by atoms with van der Waals surface area (Å²) in [6.07, 6.45) is 3.67. The number of nitrogens with zero attached hydrogens (tertiary/aromatic N) is 2. The van der Waals surface area contributed by atoms with Gasteiger partial charge < -0.3 is 15.1 Å². The number of fused-ring (bicyclic) bond motifs is 2. The largest absolute Gasteiger partial charge is 0.352 e. The third kappa shape index (κ3) is 5.39. The molecule has 0 aromatic heterocycles. The number of anilines is 2. The molecule has 4 nitrogen and oxygen atoms in total. The summed E-state index contributed by atoms with van der Waals surface area (Å²) in [5.41, 5.74) is 3.15. The van der Waals surface area contributed by atoms with E-state index in [1.54, 1.807) is 11.8 Å². The summed E-state index contributed by atoms with van der Waals surface area (Å²) >= 11 is 1.80. The number of hydrogen-bond acceptors (Lipinski definition) is 4. The monoisotopic (exact) mass is 459 g/mol. The van der Waals surface area contributed by atoms with Gasteiger partial charge >= 0.3 is 0 Å². The lowest BCUT2D eigenvalue weighted by Crippen LogP contribution is -2.40. The number of halogens is 1. The first-order chi connectivity index (χ1) is 14.6. The Balaban J connectivity index is 0.00000272. The van der Waals surface area contributed by atoms with E-state index in [-0.39, 0.29) is 18.3 Å². The minimum Gasteiger partial charge on any atom is -0.352 e. The standard InChI is InChI=1S/C25H33N3OS.ClH/c1-4-18(2)16-26-25(29)20-11-12-24-22(15-20)28(19(3)17-27-13-7-8-14-27)21-9-5-6-10-23(21)30-24;/h5-6,9-12,15,18-19H,4,7-8,13-14,16-17H2,1-3H3,(H,26,29);1H/t18-,19?;/m1./s1. The summed E-state index contributed by atoms with van der Waals surface area (Å²) in [6, 6.07) is 15.1. The van der Waals surface area contributed by atoms with Crippen LogP contribution in [0.4, 0.5) is 11.4 Å². The molecule has 0 bridgehead atoms. The Morgan fingerprint density at radius 3 is 2.52 bits per heavy atom. The third-order valence-corrected chi connectivity index (χ3v) is 7.43. The summed E-state index contributed by atoms with van der Waals surface area (Å²) in [5.74, 6) is 0.514. The van der Waals surface area contributed by atoms with Crippen LogP contribution in [0.1, 0.15) is 50.4 Å². The number of carbonyl (C=O) groups excluding carboxylic acids is 1. The maximum absolute atomic E-state index is 12.8. The lowest BCUT2D eigenvalue weighted by molar-refractivity contribution is 0.0948. The van der Waals surface area contributed by atoms with Crippen LogP contribution in [0.25, 0.3) is 0 Å². The van der Waals surface area contributed by atoms with Gasteiger partial charge in [-0.2, -0.15) is 0 Å². The van der Waals surface area contributed by atoms with Crippen molar-refractivity contribution in [3.8, 4) is 0 Å². The molecular formula is C25H34ClN3OS. The van der Waals surface area contributed by atoms with Gasteiger partial charge in [-0.1, -0.05) is 44.2 Å². The fourth-order valence-corrected chi connectivity index (χ4v) is 5.39. The molecule has 1 unspecified atom stereocenters. The Kier molecular flexibility index (Phi) is 8.31. The molecule has 1 saturated heterocycles. The Hall–Kier alpha value is -1.69. The molecule has 2 aliphatic heterocycles. The quantitative estimate of drug-likeness (QED) is 0.553. The molecule has 1 N–H and O–H groups in total. The van der Waals surface area contributed by atoms with E-state index in [0.717, 1.165) is 30.8 Å². The topological polar surface area (TPSA) is 35.6 Å². The number of rotatable bonds is 7. The van der Waals surface area contributed by atoms with Crippen molar-refractivity contribution in [2.24, 2.45) is 5.92 Å². The van der Waals surface area contributed by atoms with Crippen molar-refractivity contribution in [2.45, 2.75) is 55.9 Å². The van der Waals surface area contributed by atoms with E-state index in [2.05, 4.69) is 72.3 Å². The zero-order chi connectivity index (χ0) is 21.1. The lowest BCUT2D eigenvalue weighted by Gasteiger charge is -2.39. The first-order valence-corrected chi connectivity index (χ1v) is 12.1. The second-order valence-corrected chi connectivity index (χ2v) is 9.79. The Labute approximate surface area is 197 Å². The molecule has 0 radical (unpaired) electrons. The van der Waals surface area contributed by atoms with Crippen LogP contribution in [0.5, 0.6) is 0 Å². The molecular weight excluding hydrogens is 426 g/mol. The van der Waals surface area contributed by atoms with Crippen molar-refractivity contribution in [3.63, 3.8) is 0 Å². The minimum atomic E-state index is 0. The zero-order valence-corrected chi connectivity index (χ0v) is 20.4. The molecule has 2 aromatic carbocycles. The predicted molar refractivity (Wildman–Crippen MR) is 133 cm³/mol. The molecule has 0 aliphatic carbocycles. The summed E-state index contributed by atoms with van der Waals surface area (Å²) in [7, 11) is 0. The molecule has 0 saturated carbocycles. The first-order valence-electron chi connectivity index (χ1n) is 11.3. The van der Waals surface area contributed by atoms with Gasteiger partial charge in [0.25, 0.3) is 5.91 Å². The van der Waals surface area contributed by atoms with Gasteiger partial charge in [-0.3, -0.25) is 4.79 Å². The van der Waals surface area contributed by atoms with Crippen molar-refractivity contribution in [1.29, 1.82) is 0 Å². The van der Waals surface area contributed by atoms with Crippen LogP contribution in [0.15, 0.2) is 52.3 Å². The average Bonchev–Trinajstić information content (AvgIpc) is 3.27. The number of amides is 1. The Morgan fingerprint density at radius 1 is 1.06 bits per heavy atom. The van der Waals surface area contributed by atoms with E-state index in [1.807, 2.05) is 6.07 Å². The summed E-state index contributed by atoms with van der Waals surface area (Å²) in [4.78, 5) is 20.3. The molecule has 2 aliphatic rings. The number of nitrogens with one attached hydrogen (secondary N) is 1. The van der Waals surface area contributed by atoms with Crippen LogP contribution in [0.2, 0.25) is 0 Å². The van der Waals surface area contributed by atoms with E-state index in [1.165, 1.54) is 41.4 Å². The highest BCUT2D eigenvalue weighted by molar-refractivity contribution is 7.99. The van der Waals surface area contributed by atoms with Gasteiger partial charge in [-0.15, -0.1) is 12.4 Å². The highest BCUT2D eigenvalue weighted by atomic mass is 35.5. The smallest absolute Gasteiger partial charge is 0.251 e. The number of benzene rings is 2. The van der Waals surface area contributed by atoms with Crippen LogP contribution in [0.3, 0.4) is 0 Å². The van der Waals surface area contributed by atoms with E-state index in [4.69, 9.17) is 0 Å². The molecule has 6 heteroatoms. The van der Waals surface area contributed by atoms with Gasteiger partial charge in [0.1, 0.15) is 0 Å². The second kappa shape index (κ2) is 10.8. The first kappa shape index (κ1) is 24.0. The fraction of sp³-hybridized carbons (Fsp3) is 0.480. The Bertz CT molecular complexity index is 900. The summed E-state index contributed by atoms with van der Waals surface area (Å²) in [5, 5.41) is 3.11. The van der Waals surface area contributed by atoms with Gasteiger partial charge in [-0.05, 0) is 69.1 Å². The van der Waals surface area contributed by atoms with Crippen molar-refractivity contribution in [3.05, 3.63) is 48.0 Å². The molecule has 168 valence electrons. The van der Waals surface area contributed by atoms with Crippen LogP contribution in [0, 0.1) is 5.92 Å². The van der Waals surface area contributed by atoms with E-state index in [0.29, 0.717) is 12.0 Å². The molecule has 2 atom stereocenters. The van der Waals surface area contributed by atoms with E-state index in [9.17, 15) is 4.79 Å². The predicted octanol–water partition coefficient (Wildman–Crippen LogP) is 5.97. The molecule has 2 heterocycles. The van der Waals surface area contributed by atoms with Gasteiger partial charge in [-0.25, -0.2) is 0 Å². The molecule has 1 fully saturated rings. The van der Waals surface area contributed by atoms with Gasteiger partial charge in [0, 0.05) is 34.5 Å². The van der Waals surface area contributed by atoms with Crippen molar-refractivity contribution in [1.82, 2.24) is 10.2 Å². The normalized spacial score (nSPS) is 17.3. The van der Waals surface area contributed by atoms with Crippen molar-refractivity contribution < 1.29 is 4.79 Å². The number of hydrogen-bond donors (Lipinski definition) is 1. The molecule has 0 spiro atoms. The van der Waals surface area contributed by atoms with Gasteiger partial charge in [0.05, 0.1) is 11.4 Å². The minimum absolute atomic E-state index is 0. The van der Waals surface area contributed by atoms with Crippen molar-refractivity contribution >= 4 is 41.5 Å². The highest BCUT2D eigenvalue weighted by Gasteiger charge is 2.29. The molecule has 31 heavy (non-hydrogen) atoms. The van der Waals surface area contributed by atoms with Gasteiger partial charge in [0.15, 0.2) is 0 Å². The lowest BCUT2D eigenvalue weighted by atomic mass is 10.1. The van der Waals surface area contributed by atoms with E-state index < -0.39 is 0 Å². The average molecular weight is 460 g/mol. The summed E-state index contributed by atoms with van der Waals surface area (Å²) < 4.78 is 0. The molecule has 4 rings (SSSR count). The number of likely N-dealkylation sites (tertiary alicyclic amines) is 1.